The molecule has 1 saturated carbocycles. The molecule has 17 heavy (non-hydrogen) atoms. The van der Waals surface area contributed by atoms with Gasteiger partial charge < -0.3 is 0 Å². The number of nitrogens with zero attached hydrogens (tertiary/aromatic N) is 1. The summed E-state index contributed by atoms with van der Waals surface area (Å²) in [4.78, 5) is 0. The van der Waals surface area contributed by atoms with E-state index in [-0.39, 0.29) is 5.41 Å². The van der Waals surface area contributed by atoms with Gasteiger partial charge in [0.1, 0.15) is 0 Å². The highest BCUT2D eigenvalue weighted by Crippen LogP contribution is 2.46. The fraction of sp³-hybridized carbons (Fsp3) is 1.00. The Bertz CT molecular complexity index is 346. The van der Waals surface area contributed by atoms with Gasteiger partial charge in [-0.2, -0.15) is 12.7 Å². The van der Waals surface area contributed by atoms with Crippen LogP contribution < -0.4 is 4.72 Å². The van der Waals surface area contributed by atoms with Gasteiger partial charge in [-0.05, 0) is 31.1 Å². The number of hydrogen-bond donors (Lipinski definition) is 1. The lowest BCUT2D eigenvalue weighted by molar-refractivity contribution is 0.409. The standard InChI is InChI=1S/C11H21BrN2O2S/c12-9-11(5-6-11)10-13-17(15,16)14-7-3-1-2-4-8-14/h13H,1-10H2. The SMILES string of the molecule is O=S(=O)(NCC1(CBr)CC1)N1CCCCCC1. The number of nitrogens with one attached hydrogen (secondary N) is 1. The lowest BCUT2D eigenvalue weighted by Crippen LogP contribution is -2.43. The Morgan fingerprint density at radius 1 is 1.12 bits per heavy atom. The molecule has 0 spiro atoms. The maximum atomic E-state index is 12.1. The molecule has 1 N–H and O–H groups in total. The lowest BCUT2D eigenvalue weighted by atomic mass is 10.1. The van der Waals surface area contributed by atoms with Crippen LogP contribution in [0.1, 0.15) is 38.5 Å². The van der Waals surface area contributed by atoms with Crippen LogP contribution >= 0.6 is 15.9 Å². The van der Waals surface area contributed by atoms with Crippen LogP contribution in [-0.2, 0) is 10.2 Å². The molecule has 0 aromatic heterocycles. The minimum Gasteiger partial charge on any atom is -0.202 e. The van der Waals surface area contributed by atoms with Gasteiger partial charge in [-0.25, -0.2) is 4.72 Å². The van der Waals surface area contributed by atoms with Crippen LogP contribution in [0.4, 0.5) is 0 Å². The molecule has 0 aromatic carbocycles. The molecular weight excluding hydrogens is 304 g/mol. The van der Waals surface area contributed by atoms with Gasteiger partial charge in [0.15, 0.2) is 0 Å². The summed E-state index contributed by atoms with van der Waals surface area (Å²) in [5, 5.41) is 0.891. The molecule has 0 aromatic rings. The molecule has 100 valence electrons. The van der Waals surface area contributed by atoms with Crippen molar-refractivity contribution in [3.8, 4) is 0 Å². The molecule has 6 heteroatoms. The third kappa shape index (κ3) is 3.66. The van der Waals surface area contributed by atoms with Crippen LogP contribution in [0.2, 0.25) is 0 Å². The number of alkyl halides is 1. The quantitative estimate of drug-likeness (QED) is 0.785. The average molecular weight is 325 g/mol. The summed E-state index contributed by atoms with van der Waals surface area (Å²) in [6, 6.07) is 0. The molecule has 2 fully saturated rings. The van der Waals surface area contributed by atoms with Crippen molar-refractivity contribution in [2.24, 2.45) is 5.41 Å². The topological polar surface area (TPSA) is 49.4 Å². The van der Waals surface area contributed by atoms with E-state index in [2.05, 4.69) is 20.7 Å². The fourth-order valence-electron chi connectivity index (χ4n) is 2.15. The van der Waals surface area contributed by atoms with Gasteiger partial charge in [0.2, 0.25) is 0 Å². The molecule has 1 saturated heterocycles. The van der Waals surface area contributed by atoms with Crippen molar-refractivity contribution >= 4 is 26.1 Å². The van der Waals surface area contributed by atoms with Crippen LogP contribution in [0, 0.1) is 5.41 Å². The van der Waals surface area contributed by atoms with E-state index in [0.717, 1.165) is 43.9 Å². The molecule has 0 bridgehead atoms. The Labute approximate surface area is 112 Å². The summed E-state index contributed by atoms with van der Waals surface area (Å²) in [6.45, 7) is 1.93. The van der Waals surface area contributed by atoms with Gasteiger partial charge in [0.05, 0.1) is 0 Å². The molecule has 1 aliphatic heterocycles. The zero-order valence-corrected chi connectivity index (χ0v) is 12.5. The van der Waals surface area contributed by atoms with E-state index >= 15 is 0 Å². The Kier molecular flexibility index (Phi) is 4.50. The molecule has 4 nitrogen and oxygen atoms in total. The summed E-state index contributed by atoms with van der Waals surface area (Å²) in [5.74, 6) is 0. The second-order valence-electron chi connectivity index (χ2n) is 5.27. The number of hydrogen-bond acceptors (Lipinski definition) is 2. The van der Waals surface area contributed by atoms with E-state index < -0.39 is 10.2 Å². The molecule has 0 radical (unpaired) electrons. The second kappa shape index (κ2) is 5.55. The molecule has 2 aliphatic rings. The monoisotopic (exact) mass is 324 g/mol. The summed E-state index contributed by atoms with van der Waals surface area (Å²) in [7, 11) is -3.25. The molecule has 1 heterocycles. The Morgan fingerprint density at radius 2 is 1.71 bits per heavy atom. The summed E-state index contributed by atoms with van der Waals surface area (Å²) in [5.41, 5.74) is 0.193. The Morgan fingerprint density at radius 3 is 2.18 bits per heavy atom. The van der Waals surface area contributed by atoms with E-state index in [1.807, 2.05) is 0 Å². The molecule has 0 amide bonds. The first-order valence-electron chi connectivity index (χ1n) is 6.39. The Balaban J connectivity index is 1.88. The van der Waals surface area contributed by atoms with E-state index in [1.54, 1.807) is 4.31 Å². The van der Waals surface area contributed by atoms with Gasteiger partial charge in [-0.15, -0.1) is 0 Å². The summed E-state index contributed by atoms with van der Waals surface area (Å²) >= 11 is 3.46. The maximum absolute atomic E-state index is 12.1. The average Bonchev–Trinajstić information content (AvgIpc) is 3.12. The van der Waals surface area contributed by atoms with Gasteiger partial charge in [-0.1, -0.05) is 28.8 Å². The normalized spacial score (nSPS) is 25.5. The molecule has 2 rings (SSSR count). The highest BCUT2D eigenvalue weighted by Gasteiger charge is 2.42. The molecular formula is C11H21BrN2O2S. The molecule has 0 unspecified atom stereocenters. The van der Waals surface area contributed by atoms with E-state index in [4.69, 9.17) is 0 Å². The smallest absolute Gasteiger partial charge is 0.202 e. The minimum atomic E-state index is -3.25. The minimum absolute atomic E-state index is 0.193. The van der Waals surface area contributed by atoms with Crippen LogP contribution in [-0.4, -0.2) is 37.7 Å². The van der Waals surface area contributed by atoms with Crippen molar-refractivity contribution in [3.63, 3.8) is 0 Å². The first kappa shape index (κ1) is 13.8. The van der Waals surface area contributed by atoms with E-state index in [0.29, 0.717) is 19.6 Å². The van der Waals surface area contributed by atoms with Crippen molar-refractivity contribution in [2.45, 2.75) is 38.5 Å². The highest BCUT2D eigenvalue weighted by molar-refractivity contribution is 9.09. The predicted octanol–water partition coefficient (Wildman–Crippen LogP) is 1.87. The van der Waals surface area contributed by atoms with Gasteiger partial charge in [0.25, 0.3) is 10.2 Å². The van der Waals surface area contributed by atoms with Crippen LogP contribution in [0.15, 0.2) is 0 Å². The zero-order valence-electron chi connectivity index (χ0n) is 10.1. The second-order valence-corrected chi connectivity index (χ2v) is 7.59. The molecule has 0 atom stereocenters. The first-order chi connectivity index (χ1) is 8.08. The Hall–Kier alpha value is 0.350. The summed E-state index contributed by atoms with van der Waals surface area (Å²) < 4.78 is 28.7. The fourth-order valence-corrected chi connectivity index (χ4v) is 4.32. The van der Waals surface area contributed by atoms with E-state index in [9.17, 15) is 8.42 Å². The zero-order chi connectivity index (χ0) is 12.4. The predicted molar refractivity (Wildman–Crippen MR) is 72.4 cm³/mol. The number of rotatable bonds is 5. The maximum Gasteiger partial charge on any atom is 0.279 e. The van der Waals surface area contributed by atoms with Crippen molar-refractivity contribution < 1.29 is 8.42 Å². The molecule has 1 aliphatic carbocycles. The van der Waals surface area contributed by atoms with Crippen LogP contribution in [0.3, 0.4) is 0 Å². The highest BCUT2D eigenvalue weighted by atomic mass is 79.9. The van der Waals surface area contributed by atoms with Crippen molar-refractivity contribution in [2.75, 3.05) is 25.0 Å². The lowest BCUT2D eigenvalue weighted by Gasteiger charge is -2.22. The van der Waals surface area contributed by atoms with Gasteiger partial charge in [-0.3, -0.25) is 0 Å². The first-order valence-corrected chi connectivity index (χ1v) is 8.95. The van der Waals surface area contributed by atoms with Crippen molar-refractivity contribution in [1.82, 2.24) is 9.03 Å². The van der Waals surface area contributed by atoms with Crippen LogP contribution in [0.5, 0.6) is 0 Å². The summed E-state index contributed by atoms with van der Waals surface area (Å²) in [6.07, 6.45) is 6.53. The van der Waals surface area contributed by atoms with Crippen molar-refractivity contribution in [1.29, 1.82) is 0 Å². The number of halogens is 1. The largest absolute Gasteiger partial charge is 0.279 e. The third-order valence-electron chi connectivity index (χ3n) is 3.78. The van der Waals surface area contributed by atoms with Crippen molar-refractivity contribution in [3.05, 3.63) is 0 Å². The third-order valence-corrected chi connectivity index (χ3v) is 6.52. The van der Waals surface area contributed by atoms with E-state index in [1.165, 1.54) is 0 Å². The van der Waals surface area contributed by atoms with Gasteiger partial charge >= 0.3 is 0 Å². The van der Waals surface area contributed by atoms with Crippen LogP contribution in [0.25, 0.3) is 0 Å². The van der Waals surface area contributed by atoms with Gasteiger partial charge in [0, 0.05) is 25.0 Å².